The van der Waals surface area contributed by atoms with Gasteiger partial charge in [0.2, 0.25) is 5.91 Å². The highest BCUT2D eigenvalue weighted by atomic mass is 16.5. The second kappa shape index (κ2) is 11.1. The molecule has 2 rings (SSSR count). The Kier molecular flexibility index (Phi) is 8.24. The fourth-order valence-corrected chi connectivity index (χ4v) is 2.29. The van der Waals surface area contributed by atoms with E-state index in [-0.39, 0.29) is 32.1 Å². The van der Waals surface area contributed by atoms with Crippen molar-refractivity contribution < 1.29 is 23.5 Å². The molecule has 10 nitrogen and oxygen atoms in total. The van der Waals surface area contributed by atoms with Gasteiger partial charge in [-0.25, -0.2) is 4.99 Å². The van der Waals surface area contributed by atoms with Crippen LogP contribution >= 0.6 is 0 Å². The molecular formula is C19H23N5O5. The summed E-state index contributed by atoms with van der Waals surface area (Å²) in [6.07, 6.45) is 2.06. The van der Waals surface area contributed by atoms with Crippen molar-refractivity contribution in [2.75, 3.05) is 19.7 Å². The van der Waals surface area contributed by atoms with E-state index in [2.05, 4.69) is 15.6 Å². The smallest absolute Gasteiger partial charge is 0.307 e. The van der Waals surface area contributed by atoms with E-state index in [9.17, 15) is 14.4 Å². The molecule has 2 aromatic rings. The molecule has 29 heavy (non-hydrogen) atoms. The first-order valence-electron chi connectivity index (χ1n) is 8.86. The zero-order valence-electron chi connectivity index (χ0n) is 15.7. The standard InChI is InChI=1S/C19H23N5O5/c20-19(21)24-14-4-1-3-13(11-14)18(27)23-12-16(25)22-8-6-17(26)29-10-7-15-5-2-9-28-15/h1-5,9,11H,6-8,10,12H2,(H,22,25)(H,23,27)(H4,20,21,24). The van der Waals surface area contributed by atoms with Crippen LogP contribution < -0.4 is 22.1 Å². The number of carbonyl (C=O) groups excluding carboxylic acids is 3. The summed E-state index contributed by atoms with van der Waals surface area (Å²) in [6.45, 7) is 0.0719. The molecule has 10 heteroatoms. The second-order valence-corrected chi connectivity index (χ2v) is 5.92. The molecule has 0 bridgehead atoms. The molecule has 0 saturated heterocycles. The van der Waals surface area contributed by atoms with Crippen LogP contribution in [-0.2, 0) is 20.7 Å². The number of guanidine groups is 1. The molecule has 6 N–H and O–H groups in total. The largest absolute Gasteiger partial charge is 0.469 e. The molecule has 0 atom stereocenters. The van der Waals surface area contributed by atoms with Crippen LogP contribution in [0, 0.1) is 0 Å². The number of aliphatic imine (C=N–C) groups is 1. The van der Waals surface area contributed by atoms with Crippen LogP contribution in [0.2, 0.25) is 0 Å². The fourth-order valence-electron chi connectivity index (χ4n) is 2.29. The van der Waals surface area contributed by atoms with E-state index in [0.29, 0.717) is 17.7 Å². The quantitative estimate of drug-likeness (QED) is 0.251. The molecule has 0 radical (unpaired) electrons. The number of benzene rings is 1. The summed E-state index contributed by atoms with van der Waals surface area (Å²) in [5.41, 5.74) is 11.3. The van der Waals surface area contributed by atoms with Crippen LogP contribution in [0.25, 0.3) is 0 Å². The van der Waals surface area contributed by atoms with E-state index in [1.54, 1.807) is 36.6 Å². The zero-order chi connectivity index (χ0) is 21.1. The molecule has 154 valence electrons. The highest BCUT2D eigenvalue weighted by Gasteiger charge is 2.10. The number of nitrogens with one attached hydrogen (secondary N) is 2. The van der Waals surface area contributed by atoms with Gasteiger partial charge in [-0.3, -0.25) is 14.4 Å². The average molecular weight is 401 g/mol. The van der Waals surface area contributed by atoms with Gasteiger partial charge in [0, 0.05) is 18.5 Å². The lowest BCUT2D eigenvalue weighted by Crippen LogP contribution is -2.37. The highest BCUT2D eigenvalue weighted by molar-refractivity contribution is 5.97. The van der Waals surface area contributed by atoms with Gasteiger partial charge in [-0.1, -0.05) is 6.07 Å². The van der Waals surface area contributed by atoms with Crippen molar-refractivity contribution in [3.63, 3.8) is 0 Å². The number of ether oxygens (including phenoxy) is 1. The summed E-state index contributed by atoms with van der Waals surface area (Å²) in [5.74, 6) is -0.711. The van der Waals surface area contributed by atoms with Gasteiger partial charge in [0.25, 0.3) is 5.91 Å². The minimum Gasteiger partial charge on any atom is -0.469 e. The fraction of sp³-hybridized carbons (Fsp3) is 0.263. The van der Waals surface area contributed by atoms with Crippen LogP contribution in [0.4, 0.5) is 5.69 Å². The molecule has 0 spiro atoms. The van der Waals surface area contributed by atoms with Crippen molar-refractivity contribution in [2.24, 2.45) is 16.5 Å². The van der Waals surface area contributed by atoms with Crippen LogP contribution in [0.5, 0.6) is 0 Å². The first-order chi connectivity index (χ1) is 13.9. The summed E-state index contributed by atoms with van der Waals surface area (Å²) in [4.78, 5) is 39.4. The molecule has 0 unspecified atom stereocenters. The van der Waals surface area contributed by atoms with Crippen molar-refractivity contribution >= 4 is 29.4 Å². The lowest BCUT2D eigenvalue weighted by Gasteiger charge is -2.08. The number of hydrogen-bond donors (Lipinski definition) is 4. The number of hydrogen-bond acceptors (Lipinski definition) is 6. The van der Waals surface area contributed by atoms with Crippen molar-refractivity contribution in [2.45, 2.75) is 12.8 Å². The molecule has 1 heterocycles. The Balaban J connectivity index is 1.63. The maximum Gasteiger partial charge on any atom is 0.307 e. The molecule has 2 amide bonds. The predicted molar refractivity (Wildman–Crippen MR) is 105 cm³/mol. The van der Waals surface area contributed by atoms with Gasteiger partial charge >= 0.3 is 5.97 Å². The molecule has 1 aromatic heterocycles. The van der Waals surface area contributed by atoms with E-state index in [4.69, 9.17) is 20.6 Å². The van der Waals surface area contributed by atoms with Crippen LogP contribution in [0.15, 0.2) is 52.1 Å². The average Bonchev–Trinajstić information content (AvgIpc) is 3.19. The third kappa shape index (κ3) is 8.16. The summed E-state index contributed by atoms with van der Waals surface area (Å²) in [6, 6.07) is 9.86. The van der Waals surface area contributed by atoms with Gasteiger partial charge in [0.05, 0.1) is 31.5 Å². The lowest BCUT2D eigenvalue weighted by molar-refractivity contribution is -0.143. The number of rotatable bonds is 10. The third-order valence-corrected chi connectivity index (χ3v) is 3.62. The Morgan fingerprint density at radius 1 is 1.10 bits per heavy atom. The van der Waals surface area contributed by atoms with E-state index in [0.717, 1.165) is 5.76 Å². The topological polar surface area (TPSA) is 162 Å². The molecule has 0 aliphatic heterocycles. The van der Waals surface area contributed by atoms with Crippen molar-refractivity contribution in [3.05, 3.63) is 54.0 Å². The Morgan fingerprint density at radius 3 is 2.66 bits per heavy atom. The molecule has 0 aliphatic rings. The van der Waals surface area contributed by atoms with E-state index >= 15 is 0 Å². The third-order valence-electron chi connectivity index (χ3n) is 3.62. The number of amides is 2. The van der Waals surface area contributed by atoms with Gasteiger partial charge in [-0.15, -0.1) is 0 Å². The van der Waals surface area contributed by atoms with Gasteiger partial charge in [0.1, 0.15) is 5.76 Å². The minimum atomic E-state index is -0.454. The first kappa shape index (κ1) is 21.5. The van der Waals surface area contributed by atoms with Crippen LogP contribution in [-0.4, -0.2) is 43.4 Å². The van der Waals surface area contributed by atoms with Gasteiger partial charge in [-0.05, 0) is 30.3 Å². The minimum absolute atomic E-state index is 0.0262. The lowest BCUT2D eigenvalue weighted by atomic mass is 10.2. The van der Waals surface area contributed by atoms with E-state index < -0.39 is 17.8 Å². The SMILES string of the molecule is NC(N)=Nc1cccc(C(=O)NCC(=O)NCCC(=O)OCCc2ccco2)c1. The van der Waals surface area contributed by atoms with Crippen molar-refractivity contribution in [3.8, 4) is 0 Å². The molecular weight excluding hydrogens is 378 g/mol. The summed E-state index contributed by atoms with van der Waals surface area (Å²) < 4.78 is 10.2. The normalized spacial score (nSPS) is 10.1. The van der Waals surface area contributed by atoms with Crippen molar-refractivity contribution in [1.82, 2.24) is 10.6 Å². The zero-order valence-corrected chi connectivity index (χ0v) is 15.7. The summed E-state index contributed by atoms with van der Waals surface area (Å²) >= 11 is 0. The second-order valence-electron chi connectivity index (χ2n) is 5.92. The Morgan fingerprint density at radius 2 is 1.93 bits per heavy atom. The first-order valence-corrected chi connectivity index (χ1v) is 8.86. The number of esters is 1. The number of furan rings is 1. The maximum atomic E-state index is 12.1. The summed E-state index contributed by atoms with van der Waals surface area (Å²) in [7, 11) is 0. The number of nitrogens with zero attached hydrogens (tertiary/aromatic N) is 1. The van der Waals surface area contributed by atoms with Gasteiger partial charge < -0.3 is 31.3 Å². The maximum absolute atomic E-state index is 12.1. The number of carbonyl (C=O) groups is 3. The number of nitrogens with two attached hydrogens (primary N) is 2. The molecule has 0 aliphatic carbocycles. The Hall–Kier alpha value is -3.82. The van der Waals surface area contributed by atoms with E-state index in [1.165, 1.54) is 6.07 Å². The van der Waals surface area contributed by atoms with Crippen LogP contribution in [0.3, 0.4) is 0 Å². The predicted octanol–water partition coefficient (Wildman–Crippen LogP) is 0.207. The highest BCUT2D eigenvalue weighted by Crippen LogP contribution is 2.13. The Bertz CT molecular complexity index is 860. The summed E-state index contributed by atoms with van der Waals surface area (Å²) in [5, 5.41) is 5.01. The van der Waals surface area contributed by atoms with Crippen molar-refractivity contribution in [1.29, 1.82) is 0 Å². The monoisotopic (exact) mass is 401 g/mol. The van der Waals surface area contributed by atoms with Crippen LogP contribution in [0.1, 0.15) is 22.5 Å². The van der Waals surface area contributed by atoms with Gasteiger partial charge in [-0.2, -0.15) is 0 Å². The van der Waals surface area contributed by atoms with Gasteiger partial charge in [0.15, 0.2) is 5.96 Å². The van der Waals surface area contributed by atoms with E-state index in [1.807, 2.05) is 0 Å². The Labute approximate surface area is 167 Å². The molecule has 0 saturated carbocycles. The molecule has 1 aromatic carbocycles. The molecule has 0 fully saturated rings.